The van der Waals surface area contributed by atoms with E-state index < -0.39 is 0 Å². The summed E-state index contributed by atoms with van der Waals surface area (Å²) in [6.07, 6.45) is 3.14. The lowest BCUT2D eigenvalue weighted by molar-refractivity contribution is 1.06. The number of hydrogen-bond donors (Lipinski definition) is 1. The highest BCUT2D eigenvalue weighted by atomic mass is 79.9. The predicted octanol–water partition coefficient (Wildman–Crippen LogP) is 1.85. The SMILES string of the molecule is CC/C=C(/Br)NC. The van der Waals surface area contributed by atoms with Gasteiger partial charge in [-0.1, -0.05) is 13.0 Å². The molecule has 0 saturated carbocycles. The summed E-state index contributed by atoms with van der Waals surface area (Å²) in [7, 11) is 1.89. The molecule has 0 aliphatic carbocycles. The van der Waals surface area contributed by atoms with E-state index >= 15 is 0 Å². The van der Waals surface area contributed by atoms with E-state index in [1.54, 1.807) is 0 Å². The van der Waals surface area contributed by atoms with Gasteiger partial charge in [0.1, 0.15) is 0 Å². The van der Waals surface area contributed by atoms with Crippen molar-refractivity contribution in [2.75, 3.05) is 7.05 Å². The second-order valence-corrected chi connectivity index (χ2v) is 2.06. The van der Waals surface area contributed by atoms with E-state index in [0.717, 1.165) is 11.0 Å². The van der Waals surface area contributed by atoms with Crippen LogP contribution in [-0.2, 0) is 0 Å². The van der Waals surface area contributed by atoms with Gasteiger partial charge in [-0.2, -0.15) is 0 Å². The van der Waals surface area contributed by atoms with E-state index in [1.165, 1.54) is 0 Å². The smallest absolute Gasteiger partial charge is 0.0736 e. The Hall–Kier alpha value is 0.0200. The van der Waals surface area contributed by atoms with E-state index in [4.69, 9.17) is 0 Å². The van der Waals surface area contributed by atoms with Crippen molar-refractivity contribution in [3.8, 4) is 0 Å². The monoisotopic (exact) mass is 163 g/mol. The van der Waals surface area contributed by atoms with Crippen molar-refractivity contribution in [1.29, 1.82) is 0 Å². The van der Waals surface area contributed by atoms with Gasteiger partial charge in [-0.15, -0.1) is 0 Å². The number of halogens is 1. The van der Waals surface area contributed by atoms with Gasteiger partial charge < -0.3 is 5.32 Å². The molecule has 0 atom stereocenters. The van der Waals surface area contributed by atoms with Gasteiger partial charge in [-0.3, -0.25) is 0 Å². The van der Waals surface area contributed by atoms with Crippen molar-refractivity contribution >= 4 is 15.9 Å². The van der Waals surface area contributed by atoms with Gasteiger partial charge in [0, 0.05) is 7.05 Å². The van der Waals surface area contributed by atoms with E-state index in [1.807, 2.05) is 7.05 Å². The Kier molecular flexibility index (Phi) is 4.20. The van der Waals surface area contributed by atoms with Crippen molar-refractivity contribution in [3.63, 3.8) is 0 Å². The van der Waals surface area contributed by atoms with Crippen LogP contribution in [0.2, 0.25) is 0 Å². The first-order valence-corrected chi connectivity index (χ1v) is 3.14. The summed E-state index contributed by atoms with van der Waals surface area (Å²) in [5.41, 5.74) is 0. The molecule has 1 N–H and O–H groups in total. The molecule has 0 aliphatic heterocycles. The second kappa shape index (κ2) is 4.19. The molecule has 0 unspecified atom stereocenters. The maximum Gasteiger partial charge on any atom is 0.0736 e. The average Bonchev–Trinajstić information content (AvgIpc) is 1.68. The van der Waals surface area contributed by atoms with Gasteiger partial charge in [0.2, 0.25) is 0 Å². The fourth-order valence-corrected chi connectivity index (χ4v) is 0.605. The lowest BCUT2D eigenvalue weighted by Gasteiger charge is -1.91. The van der Waals surface area contributed by atoms with Gasteiger partial charge in [0.15, 0.2) is 0 Å². The fraction of sp³-hybridized carbons (Fsp3) is 0.600. The average molecular weight is 164 g/mol. The number of nitrogens with one attached hydrogen (secondary N) is 1. The third-order valence-corrected chi connectivity index (χ3v) is 1.34. The van der Waals surface area contributed by atoms with Crippen LogP contribution in [0.4, 0.5) is 0 Å². The molecule has 0 saturated heterocycles. The van der Waals surface area contributed by atoms with Crippen molar-refractivity contribution in [1.82, 2.24) is 5.32 Å². The summed E-state index contributed by atoms with van der Waals surface area (Å²) in [5, 5.41) is 2.94. The summed E-state index contributed by atoms with van der Waals surface area (Å²) >= 11 is 3.29. The number of hydrogen-bond acceptors (Lipinski definition) is 1. The summed E-state index contributed by atoms with van der Waals surface area (Å²) < 4.78 is 1.06. The van der Waals surface area contributed by atoms with Crippen LogP contribution in [0.3, 0.4) is 0 Å². The van der Waals surface area contributed by atoms with Gasteiger partial charge in [-0.25, -0.2) is 0 Å². The van der Waals surface area contributed by atoms with Crippen molar-refractivity contribution in [2.45, 2.75) is 13.3 Å². The van der Waals surface area contributed by atoms with Crippen LogP contribution in [-0.4, -0.2) is 7.05 Å². The molecular weight excluding hydrogens is 154 g/mol. The Labute approximate surface area is 52.9 Å². The van der Waals surface area contributed by atoms with Crippen LogP contribution in [0.25, 0.3) is 0 Å². The minimum Gasteiger partial charge on any atom is -0.383 e. The molecule has 42 valence electrons. The lowest BCUT2D eigenvalue weighted by Crippen LogP contribution is -1.97. The summed E-state index contributed by atoms with van der Waals surface area (Å²) in [6.45, 7) is 2.10. The predicted molar refractivity (Wildman–Crippen MR) is 36.4 cm³/mol. The maximum absolute atomic E-state index is 3.29. The van der Waals surface area contributed by atoms with Gasteiger partial charge in [0.25, 0.3) is 0 Å². The van der Waals surface area contributed by atoms with E-state index in [9.17, 15) is 0 Å². The van der Waals surface area contributed by atoms with Gasteiger partial charge in [0.05, 0.1) is 4.61 Å². The van der Waals surface area contributed by atoms with Crippen molar-refractivity contribution in [3.05, 3.63) is 10.7 Å². The summed E-state index contributed by atoms with van der Waals surface area (Å²) in [5.74, 6) is 0. The molecular formula is C5H10BrN. The minimum absolute atomic E-state index is 1.06. The zero-order valence-corrected chi connectivity index (χ0v) is 6.25. The summed E-state index contributed by atoms with van der Waals surface area (Å²) in [4.78, 5) is 0. The van der Waals surface area contributed by atoms with Crippen LogP contribution in [0.5, 0.6) is 0 Å². The number of rotatable bonds is 2. The molecule has 0 aromatic carbocycles. The molecule has 0 amide bonds. The minimum atomic E-state index is 1.06. The van der Waals surface area contributed by atoms with Crippen molar-refractivity contribution < 1.29 is 0 Å². The zero-order valence-electron chi connectivity index (χ0n) is 4.66. The Morgan fingerprint density at radius 1 is 1.86 bits per heavy atom. The molecule has 0 bridgehead atoms. The highest BCUT2D eigenvalue weighted by molar-refractivity contribution is 9.11. The molecule has 2 heteroatoms. The third-order valence-electron chi connectivity index (χ3n) is 0.622. The molecule has 0 aromatic heterocycles. The first-order chi connectivity index (χ1) is 3.31. The fourth-order valence-electron chi connectivity index (χ4n) is 0.281. The van der Waals surface area contributed by atoms with Crippen LogP contribution >= 0.6 is 15.9 Å². The quantitative estimate of drug-likeness (QED) is 0.614. The number of allylic oxidation sites excluding steroid dienone is 1. The van der Waals surface area contributed by atoms with E-state index in [2.05, 4.69) is 34.2 Å². The Morgan fingerprint density at radius 2 is 2.43 bits per heavy atom. The van der Waals surface area contributed by atoms with Crippen LogP contribution in [0.1, 0.15) is 13.3 Å². The zero-order chi connectivity index (χ0) is 5.70. The highest BCUT2D eigenvalue weighted by Crippen LogP contribution is 1.98. The van der Waals surface area contributed by atoms with Crippen LogP contribution in [0.15, 0.2) is 10.7 Å². The molecule has 0 fully saturated rings. The van der Waals surface area contributed by atoms with Crippen LogP contribution in [0, 0.1) is 0 Å². The topological polar surface area (TPSA) is 12.0 Å². The van der Waals surface area contributed by atoms with Crippen LogP contribution < -0.4 is 5.32 Å². The lowest BCUT2D eigenvalue weighted by atomic mass is 10.5. The molecule has 0 aliphatic rings. The molecule has 1 nitrogen and oxygen atoms in total. The van der Waals surface area contributed by atoms with Gasteiger partial charge >= 0.3 is 0 Å². The Balaban J connectivity index is 3.29. The molecule has 0 spiro atoms. The second-order valence-electron chi connectivity index (χ2n) is 1.21. The molecule has 0 rings (SSSR count). The molecule has 0 aromatic rings. The molecule has 7 heavy (non-hydrogen) atoms. The largest absolute Gasteiger partial charge is 0.383 e. The summed E-state index contributed by atoms with van der Waals surface area (Å²) in [6, 6.07) is 0. The Morgan fingerprint density at radius 3 is 2.57 bits per heavy atom. The first-order valence-electron chi connectivity index (χ1n) is 2.34. The van der Waals surface area contributed by atoms with E-state index in [0.29, 0.717) is 0 Å². The van der Waals surface area contributed by atoms with E-state index in [-0.39, 0.29) is 0 Å². The molecule has 0 heterocycles. The normalized spacial score (nSPS) is 11.6. The molecule has 0 radical (unpaired) electrons. The Bertz CT molecular complexity index is 68.5. The maximum atomic E-state index is 3.29. The van der Waals surface area contributed by atoms with Crippen molar-refractivity contribution in [2.24, 2.45) is 0 Å². The third kappa shape index (κ3) is 3.86. The van der Waals surface area contributed by atoms with Gasteiger partial charge in [-0.05, 0) is 22.4 Å². The standard InChI is InChI=1S/C5H10BrN/c1-3-4-5(6)7-2/h4,7H,3H2,1-2H3/b5-4-. The highest BCUT2D eigenvalue weighted by Gasteiger charge is 1.76. The first kappa shape index (κ1) is 7.02.